The summed E-state index contributed by atoms with van der Waals surface area (Å²) in [6.45, 7) is 12.9. The van der Waals surface area contributed by atoms with Gasteiger partial charge in [0.1, 0.15) is 0 Å². The minimum Gasteiger partial charge on any atom is -0.312 e. The molecule has 0 radical (unpaired) electrons. The molecule has 1 rings (SSSR count). The first-order valence-corrected chi connectivity index (χ1v) is 5.66. The molecule has 1 aromatic heterocycles. The Bertz CT molecular complexity index is 296. The molecule has 0 spiro atoms. The predicted octanol–water partition coefficient (Wildman–Crippen LogP) is 2.22. The Morgan fingerprint density at radius 1 is 1.47 bits per heavy atom. The summed E-state index contributed by atoms with van der Waals surface area (Å²) in [7, 11) is 0. The van der Waals surface area contributed by atoms with Crippen molar-refractivity contribution in [3.05, 3.63) is 18.0 Å². The van der Waals surface area contributed by atoms with E-state index in [1.165, 1.54) is 5.56 Å². The number of likely N-dealkylation sites (N-methyl/N-ethyl adjacent to an activating group) is 1. The van der Waals surface area contributed by atoms with Crippen LogP contribution in [0.15, 0.2) is 12.4 Å². The second kappa shape index (κ2) is 4.79. The lowest BCUT2D eigenvalue weighted by molar-refractivity contribution is 0.238. The summed E-state index contributed by atoms with van der Waals surface area (Å²) in [4.78, 5) is 0. The average molecular weight is 209 g/mol. The normalized spacial score (nSPS) is 14.2. The molecule has 1 aromatic rings. The van der Waals surface area contributed by atoms with Crippen LogP contribution in [0.2, 0.25) is 0 Å². The SMILES string of the molecule is CCNC(Cn1cc(C)cn1)C(C)(C)C. The van der Waals surface area contributed by atoms with E-state index in [-0.39, 0.29) is 5.41 Å². The third-order valence-electron chi connectivity index (χ3n) is 2.63. The second-order valence-corrected chi connectivity index (χ2v) is 5.22. The van der Waals surface area contributed by atoms with Crippen LogP contribution < -0.4 is 5.32 Å². The van der Waals surface area contributed by atoms with Gasteiger partial charge in [-0.15, -0.1) is 0 Å². The highest BCUT2D eigenvalue weighted by atomic mass is 15.3. The first kappa shape index (κ1) is 12.2. The standard InChI is InChI=1S/C12H23N3/c1-6-13-11(12(3,4)5)9-15-8-10(2)7-14-15/h7-8,11,13H,6,9H2,1-5H3. The molecule has 3 nitrogen and oxygen atoms in total. The molecule has 1 N–H and O–H groups in total. The van der Waals surface area contributed by atoms with Crippen molar-refractivity contribution in [1.82, 2.24) is 15.1 Å². The smallest absolute Gasteiger partial charge is 0.0567 e. The first-order chi connectivity index (χ1) is 6.93. The molecule has 0 fully saturated rings. The van der Waals surface area contributed by atoms with Crippen molar-refractivity contribution >= 4 is 0 Å². The Labute approximate surface area is 92.9 Å². The van der Waals surface area contributed by atoms with E-state index in [0.717, 1.165) is 13.1 Å². The lowest BCUT2D eigenvalue weighted by atomic mass is 9.86. The maximum absolute atomic E-state index is 4.33. The Kier molecular flexibility index (Phi) is 3.91. The zero-order chi connectivity index (χ0) is 11.5. The van der Waals surface area contributed by atoms with Crippen LogP contribution in [0.3, 0.4) is 0 Å². The zero-order valence-corrected chi connectivity index (χ0v) is 10.5. The summed E-state index contributed by atoms with van der Waals surface area (Å²) >= 11 is 0. The Morgan fingerprint density at radius 2 is 2.13 bits per heavy atom. The van der Waals surface area contributed by atoms with Gasteiger partial charge < -0.3 is 5.32 Å². The minimum absolute atomic E-state index is 0.260. The number of aromatic nitrogens is 2. The van der Waals surface area contributed by atoms with Crippen LogP contribution in [-0.2, 0) is 6.54 Å². The Morgan fingerprint density at radius 3 is 2.53 bits per heavy atom. The van der Waals surface area contributed by atoms with E-state index in [9.17, 15) is 0 Å². The van der Waals surface area contributed by atoms with E-state index >= 15 is 0 Å². The molecule has 0 amide bonds. The van der Waals surface area contributed by atoms with Gasteiger partial charge in [0.05, 0.1) is 12.7 Å². The van der Waals surface area contributed by atoms with Gasteiger partial charge in [0.2, 0.25) is 0 Å². The third kappa shape index (κ3) is 3.67. The molecule has 0 bridgehead atoms. The fraction of sp³-hybridized carbons (Fsp3) is 0.750. The molecule has 3 heteroatoms. The highest BCUT2D eigenvalue weighted by molar-refractivity contribution is 5.00. The Balaban J connectivity index is 2.66. The first-order valence-electron chi connectivity index (χ1n) is 5.66. The Hall–Kier alpha value is -0.830. The van der Waals surface area contributed by atoms with E-state index in [2.05, 4.69) is 51.2 Å². The average Bonchev–Trinajstić information content (AvgIpc) is 2.49. The fourth-order valence-corrected chi connectivity index (χ4v) is 1.64. The molecular formula is C12H23N3. The maximum atomic E-state index is 4.33. The molecule has 15 heavy (non-hydrogen) atoms. The minimum atomic E-state index is 0.260. The van der Waals surface area contributed by atoms with Crippen LogP contribution in [0.1, 0.15) is 33.3 Å². The van der Waals surface area contributed by atoms with Gasteiger partial charge in [0.25, 0.3) is 0 Å². The van der Waals surface area contributed by atoms with E-state index in [1.807, 2.05) is 10.9 Å². The van der Waals surface area contributed by atoms with E-state index in [1.54, 1.807) is 0 Å². The number of hydrogen-bond donors (Lipinski definition) is 1. The second-order valence-electron chi connectivity index (χ2n) is 5.22. The number of hydrogen-bond acceptors (Lipinski definition) is 2. The number of rotatable bonds is 4. The van der Waals surface area contributed by atoms with Gasteiger partial charge in [-0.05, 0) is 24.4 Å². The summed E-state index contributed by atoms with van der Waals surface area (Å²) in [5.41, 5.74) is 1.48. The number of nitrogens with one attached hydrogen (secondary N) is 1. The molecule has 0 aromatic carbocycles. The van der Waals surface area contributed by atoms with E-state index < -0.39 is 0 Å². The molecule has 1 atom stereocenters. The quantitative estimate of drug-likeness (QED) is 0.824. The largest absolute Gasteiger partial charge is 0.312 e. The molecule has 1 heterocycles. The summed E-state index contributed by atoms with van der Waals surface area (Å²) in [5.74, 6) is 0. The van der Waals surface area contributed by atoms with Gasteiger partial charge >= 0.3 is 0 Å². The van der Waals surface area contributed by atoms with Crippen LogP contribution >= 0.6 is 0 Å². The van der Waals surface area contributed by atoms with Crippen LogP contribution in [0.5, 0.6) is 0 Å². The van der Waals surface area contributed by atoms with Crippen LogP contribution in [0.4, 0.5) is 0 Å². The zero-order valence-electron chi connectivity index (χ0n) is 10.5. The van der Waals surface area contributed by atoms with Crippen LogP contribution in [0.25, 0.3) is 0 Å². The van der Waals surface area contributed by atoms with Crippen LogP contribution in [0, 0.1) is 12.3 Å². The summed E-state index contributed by atoms with van der Waals surface area (Å²) in [6.07, 6.45) is 4.00. The molecule has 0 saturated carbocycles. The predicted molar refractivity (Wildman–Crippen MR) is 63.9 cm³/mol. The molecular weight excluding hydrogens is 186 g/mol. The van der Waals surface area contributed by atoms with Gasteiger partial charge in [0, 0.05) is 12.2 Å². The molecule has 86 valence electrons. The monoisotopic (exact) mass is 209 g/mol. The lowest BCUT2D eigenvalue weighted by Crippen LogP contribution is -2.43. The van der Waals surface area contributed by atoms with Gasteiger partial charge in [-0.25, -0.2) is 0 Å². The van der Waals surface area contributed by atoms with Gasteiger partial charge in [-0.3, -0.25) is 4.68 Å². The molecule has 1 unspecified atom stereocenters. The highest BCUT2D eigenvalue weighted by Crippen LogP contribution is 2.20. The highest BCUT2D eigenvalue weighted by Gasteiger charge is 2.24. The maximum Gasteiger partial charge on any atom is 0.0567 e. The molecule has 0 aliphatic rings. The summed E-state index contributed by atoms with van der Waals surface area (Å²) in [6, 6.07) is 0.460. The van der Waals surface area contributed by atoms with Crippen molar-refractivity contribution in [2.24, 2.45) is 5.41 Å². The van der Waals surface area contributed by atoms with Crippen molar-refractivity contribution in [3.63, 3.8) is 0 Å². The fourth-order valence-electron chi connectivity index (χ4n) is 1.64. The van der Waals surface area contributed by atoms with Crippen molar-refractivity contribution in [1.29, 1.82) is 0 Å². The summed E-state index contributed by atoms with van der Waals surface area (Å²) < 4.78 is 2.02. The van der Waals surface area contributed by atoms with Crippen molar-refractivity contribution in [3.8, 4) is 0 Å². The number of aryl methyl sites for hydroxylation is 1. The van der Waals surface area contributed by atoms with Gasteiger partial charge in [-0.2, -0.15) is 5.10 Å². The molecule has 0 saturated heterocycles. The van der Waals surface area contributed by atoms with Gasteiger partial charge in [0.15, 0.2) is 0 Å². The van der Waals surface area contributed by atoms with Crippen molar-refractivity contribution in [2.45, 2.75) is 47.2 Å². The lowest BCUT2D eigenvalue weighted by Gasteiger charge is -2.31. The van der Waals surface area contributed by atoms with Crippen molar-refractivity contribution in [2.75, 3.05) is 6.54 Å². The van der Waals surface area contributed by atoms with Crippen molar-refractivity contribution < 1.29 is 0 Å². The summed E-state index contributed by atoms with van der Waals surface area (Å²) in [5, 5.41) is 7.85. The molecule has 0 aliphatic heterocycles. The van der Waals surface area contributed by atoms with E-state index in [0.29, 0.717) is 6.04 Å². The van der Waals surface area contributed by atoms with Crippen LogP contribution in [-0.4, -0.2) is 22.4 Å². The number of nitrogens with zero attached hydrogens (tertiary/aromatic N) is 2. The van der Waals surface area contributed by atoms with E-state index in [4.69, 9.17) is 0 Å². The topological polar surface area (TPSA) is 29.9 Å². The van der Waals surface area contributed by atoms with Gasteiger partial charge in [-0.1, -0.05) is 27.7 Å². The third-order valence-corrected chi connectivity index (χ3v) is 2.63. The molecule has 0 aliphatic carbocycles.